The van der Waals surface area contributed by atoms with Gasteiger partial charge in [0.1, 0.15) is 0 Å². The first-order valence-corrected chi connectivity index (χ1v) is 11.5. The lowest BCUT2D eigenvalue weighted by molar-refractivity contribution is -0.114. The van der Waals surface area contributed by atoms with Crippen LogP contribution in [0.1, 0.15) is 40.0 Å². The third kappa shape index (κ3) is 8.17. The summed E-state index contributed by atoms with van der Waals surface area (Å²) in [5.41, 5.74) is 2.40. The fourth-order valence-corrected chi connectivity index (χ4v) is 3.47. The van der Waals surface area contributed by atoms with Crippen LogP contribution in [0, 0.1) is 0 Å². The zero-order chi connectivity index (χ0) is 24.2. The molecule has 1 aliphatic heterocycles. The lowest BCUT2D eigenvalue weighted by Crippen LogP contribution is -2.31. The van der Waals surface area contributed by atoms with Crippen LogP contribution in [-0.4, -0.2) is 63.8 Å². The van der Waals surface area contributed by atoms with Crippen molar-refractivity contribution in [2.24, 2.45) is 0 Å². The van der Waals surface area contributed by atoms with E-state index in [1.807, 2.05) is 0 Å². The summed E-state index contributed by atoms with van der Waals surface area (Å²) in [5.74, 6) is -0.540. The fourth-order valence-electron chi connectivity index (χ4n) is 3.47. The van der Waals surface area contributed by atoms with Gasteiger partial charge >= 0.3 is 0 Å². The van der Waals surface area contributed by atoms with Crippen molar-refractivity contribution in [3.8, 4) is 0 Å². The first-order valence-electron chi connectivity index (χ1n) is 11.5. The molecule has 3 rings (SSSR count). The summed E-state index contributed by atoms with van der Waals surface area (Å²) in [6, 6.07) is 13.6. The summed E-state index contributed by atoms with van der Waals surface area (Å²) in [7, 11) is 1.62. The van der Waals surface area contributed by atoms with Gasteiger partial charge in [0.2, 0.25) is 5.91 Å². The smallest absolute Gasteiger partial charge is 0.251 e. The van der Waals surface area contributed by atoms with Gasteiger partial charge in [0.15, 0.2) is 0 Å². The van der Waals surface area contributed by atoms with Gasteiger partial charge in [0.05, 0.1) is 12.6 Å². The Bertz CT molecular complexity index is 941. The maximum absolute atomic E-state index is 12.3. The van der Waals surface area contributed by atoms with Crippen molar-refractivity contribution in [3.05, 3.63) is 59.7 Å². The van der Waals surface area contributed by atoms with Crippen LogP contribution >= 0.6 is 0 Å². The van der Waals surface area contributed by atoms with Crippen molar-refractivity contribution in [1.29, 1.82) is 0 Å². The summed E-state index contributed by atoms with van der Waals surface area (Å²) in [6.07, 6.45) is 2.85. The number of rotatable bonds is 12. The summed E-state index contributed by atoms with van der Waals surface area (Å²) >= 11 is 0. The molecule has 1 unspecified atom stereocenters. The second-order valence-corrected chi connectivity index (χ2v) is 8.00. The summed E-state index contributed by atoms with van der Waals surface area (Å²) < 4.78 is 10.5. The number of hydrogen-bond donors (Lipinski definition) is 4. The summed E-state index contributed by atoms with van der Waals surface area (Å²) in [4.78, 5) is 36.6. The molecule has 0 aliphatic carbocycles. The molecule has 0 radical (unpaired) electrons. The highest BCUT2D eigenvalue weighted by atomic mass is 16.5. The normalized spacial score (nSPS) is 14.9. The van der Waals surface area contributed by atoms with Crippen LogP contribution < -0.4 is 21.3 Å². The van der Waals surface area contributed by atoms with Gasteiger partial charge in [-0.05, 0) is 67.8 Å². The van der Waals surface area contributed by atoms with Gasteiger partial charge in [-0.1, -0.05) is 0 Å². The highest BCUT2D eigenvalue weighted by Crippen LogP contribution is 2.13. The van der Waals surface area contributed by atoms with E-state index in [1.165, 1.54) is 0 Å². The highest BCUT2D eigenvalue weighted by Gasteiger charge is 2.16. The number of anilines is 2. The lowest BCUT2D eigenvalue weighted by Gasteiger charge is -2.11. The third-order valence-corrected chi connectivity index (χ3v) is 5.36. The number of methoxy groups -OCH3 is 1. The van der Waals surface area contributed by atoms with Crippen LogP contribution in [0.2, 0.25) is 0 Å². The molecule has 0 saturated carbocycles. The maximum Gasteiger partial charge on any atom is 0.251 e. The average molecular weight is 469 g/mol. The molecule has 2 aromatic carbocycles. The Kier molecular flexibility index (Phi) is 9.87. The van der Waals surface area contributed by atoms with Crippen LogP contribution in [0.3, 0.4) is 0 Å². The van der Waals surface area contributed by atoms with Gasteiger partial charge in [-0.25, -0.2) is 0 Å². The monoisotopic (exact) mass is 468 g/mol. The molecule has 0 bridgehead atoms. The molecule has 2 aromatic rings. The van der Waals surface area contributed by atoms with Crippen molar-refractivity contribution >= 4 is 29.1 Å². The van der Waals surface area contributed by atoms with Crippen LogP contribution in [0.25, 0.3) is 0 Å². The van der Waals surface area contributed by atoms with Crippen molar-refractivity contribution in [2.45, 2.75) is 25.4 Å². The van der Waals surface area contributed by atoms with Crippen molar-refractivity contribution in [2.75, 3.05) is 50.6 Å². The molecule has 3 amide bonds. The summed E-state index contributed by atoms with van der Waals surface area (Å²) in [6.45, 7) is 2.46. The van der Waals surface area contributed by atoms with Crippen LogP contribution in [0.4, 0.5) is 11.4 Å². The molecular weight excluding hydrogens is 436 g/mol. The zero-order valence-corrected chi connectivity index (χ0v) is 19.4. The van der Waals surface area contributed by atoms with Crippen molar-refractivity contribution < 1.29 is 23.9 Å². The van der Waals surface area contributed by atoms with Gasteiger partial charge in [-0.2, -0.15) is 0 Å². The number of ether oxygens (including phenoxy) is 2. The summed E-state index contributed by atoms with van der Waals surface area (Å²) in [5, 5.41) is 11.5. The molecule has 1 fully saturated rings. The number of amides is 3. The van der Waals surface area contributed by atoms with Gasteiger partial charge < -0.3 is 30.7 Å². The minimum atomic E-state index is -0.227. The molecule has 1 atom stereocenters. The van der Waals surface area contributed by atoms with Gasteiger partial charge in [-0.3, -0.25) is 14.4 Å². The van der Waals surface area contributed by atoms with Crippen LogP contribution in [0.15, 0.2) is 48.5 Å². The quantitative estimate of drug-likeness (QED) is 0.356. The average Bonchev–Trinajstić information content (AvgIpc) is 3.38. The Hall–Kier alpha value is -3.43. The SMILES string of the molecule is COCCCNC(=O)c1ccc(NC(=O)CNc2ccc(C(=O)NCC3CCCO3)cc2)cc1. The Labute approximate surface area is 199 Å². The standard InChI is InChI=1S/C25H32N4O5/c1-33-14-3-13-26-24(31)18-7-11-21(12-8-18)29-23(30)17-27-20-9-5-19(6-10-20)25(32)28-16-22-4-2-15-34-22/h5-12,22,27H,2-4,13-17H2,1H3,(H,26,31)(H,28,32)(H,29,30). The first kappa shape index (κ1) is 25.2. The minimum Gasteiger partial charge on any atom is -0.385 e. The third-order valence-electron chi connectivity index (χ3n) is 5.36. The Balaban J connectivity index is 1.38. The lowest BCUT2D eigenvalue weighted by atomic mass is 10.2. The predicted octanol–water partition coefficient (Wildman–Crippen LogP) is 2.41. The van der Waals surface area contributed by atoms with E-state index in [2.05, 4.69) is 21.3 Å². The second kappa shape index (κ2) is 13.3. The van der Waals surface area contributed by atoms with E-state index >= 15 is 0 Å². The number of nitrogens with one attached hydrogen (secondary N) is 4. The molecular formula is C25H32N4O5. The molecule has 34 heavy (non-hydrogen) atoms. The number of hydrogen-bond acceptors (Lipinski definition) is 6. The van der Waals surface area contributed by atoms with E-state index in [9.17, 15) is 14.4 Å². The molecule has 1 heterocycles. The topological polar surface area (TPSA) is 118 Å². The maximum atomic E-state index is 12.3. The molecule has 1 aliphatic rings. The van der Waals surface area contributed by atoms with E-state index in [-0.39, 0.29) is 30.4 Å². The number of benzene rings is 2. The van der Waals surface area contributed by atoms with Crippen LogP contribution in [0.5, 0.6) is 0 Å². The fraction of sp³-hybridized carbons (Fsp3) is 0.400. The minimum absolute atomic E-state index is 0.0618. The van der Waals surface area contributed by atoms with Crippen LogP contribution in [-0.2, 0) is 14.3 Å². The Morgan fingerprint density at radius 1 is 0.941 bits per heavy atom. The van der Waals surface area contributed by atoms with Crippen molar-refractivity contribution in [3.63, 3.8) is 0 Å². The number of carbonyl (C=O) groups is 3. The molecule has 4 N–H and O–H groups in total. The largest absolute Gasteiger partial charge is 0.385 e. The van der Waals surface area contributed by atoms with Gasteiger partial charge in [-0.15, -0.1) is 0 Å². The zero-order valence-electron chi connectivity index (χ0n) is 19.4. The second-order valence-electron chi connectivity index (χ2n) is 8.00. The number of carbonyl (C=O) groups excluding carboxylic acids is 3. The predicted molar refractivity (Wildman–Crippen MR) is 130 cm³/mol. The van der Waals surface area contributed by atoms with Gasteiger partial charge in [0, 0.05) is 55.9 Å². The Morgan fingerprint density at radius 3 is 2.21 bits per heavy atom. The molecule has 182 valence electrons. The first-order chi connectivity index (χ1) is 16.5. The van der Waals surface area contributed by atoms with E-state index in [4.69, 9.17) is 9.47 Å². The Morgan fingerprint density at radius 2 is 1.59 bits per heavy atom. The van der Waals surface area contributed by atoms with E-state index in [0.29, 0.717) is 36.5 Å². The van der Waals surface area contributed by atoms with E-state index in [0.717, 1.165) is 31.6 Å². The molecule has 0 spiro atoms. The molecule has 9 heteroatoms. The molecule has 0 aromatic heterocycles. The van der Waals surface area contributed by atoms with E-state index in [1.54, 1.807) is 55.6 Å². The van der Waals surface area contributed by atoms with E-state index < -0.39 is 0 Å². The molecule has 9 nitrogen and oxygen atoms in total. The highest BCUT2D eigenvalue weighted by molar-refractivity contribution is 5.97. The van der Waals surface area contributed by atoms with Crippen molar-refractivity contribution in [1.82, 2.24) is 10.6 Å². The van der Waals surface area contributed by atoms with Gasteiger partial charge in [0.25, 0.3) is 11.8 Å². The molecule has 1 saturated heterocycles.